The first-order chi connectivity index (χ1) is 15.4. The molecule has 0 radical (unpaired) electrons. The molecule has 0 aliphatic heterocycles. The zero-order chi connectivity index (χ0) is 23.1. The lowest BCUT2D eigenvalue weighted by molar-refractivity contribution is -0.111. The van der Waals surface area contributed by atoms with E-state index in [9.17, 15) is 14.4 Å². The van der Waals surface area contributed by atoms with Crippen LogP contribution in [0.3, 0.4) is 0 Å². The van der Waals surface area contributed by atoms with Gasteiger partial charge in [0.25, 0.3) is 5.91 Å². The van der Waals surface area contributed by atoms with Crippen LogP contribution in [-0.2, 0) is 9.53 Å². The fourth-order valence-corrected chi connectivity index (χ4v) is 4.07. The van der Waals surface area contributed by atoms with Gasteiger partial charge in [0.05, 0.1) is 17.0 Å². The smallest absolute Gasteiger partial charge is 0.341 e. The van der Waals surface area contributed by atoms with Crippen LogP contribution in [-0.4, -0.2) is 24.4 Å². The molecule has 2 aromatic carbocycles. The molecule has 1 aromatic heterocycles. The normalized spacial score (nSPS) is 10.7. The van der Waals surface area contributed by atoms with E-state index in [-0.39, 0.29) is 23.1 Å². The zero-order valence-corrected chi connectivity index (χ0v) is 18.9. The van der Waals surface area contributed by atoms with E-state index in [1.165, 1.54) is 6.08 Å². The van der Waals surface area contributed by atoms with Crippen LogP contribution in [0.4, 0.5) is 10.7 Å². The third kappa shape index (κ3) is 5.70. The molecule has 3 rings (SSSR count). The first kappa shape index (κ1) is 23.0. The van der Waals surface area contributed by atoms with Crippen LogP contribution < -0.4 is 10.6 Å². The van der Waals surface area contributed by atoms with Crippen LogP contribution in [0.15, 0.2) is 60.7 Å². The highest BCUT2D eigenvalue weighted by atomic mass is 32.1. The van der Waals surface area contributed by atoms with Crippen molar-refractivity contribution >= 4 is 45.9 Å². The van der Waals surface area contributed by atoms with E-state index in [1.54, 1.807) is 32.1 Å². The van der Waals surface area contributed by atoms with Gasteiger partial charge >= 0.3 is 5.97 Å². The zero-order valence-electron chi connectivity index (χ0n) is 18.1. The number of carbonyl (C=O) groups is 3. The summed E-state index contributed by atoms with van der Waals surface area (Å²) >= 11 is 1.04. The van der Waals surface area contributed by atoms with Gasteiger partial charge in [-0.1, -0.05) is 48.0 Å². The maximum atomic E-state index is 12.8. The Morgan fingerprint density at radius 2 is 1.66 bits per heavy atom. The molecule has 6 nitrogen and oxygen atoms in total. The van der Waals surface area contributed by atoms with Crippen LogP contribution in [0, 0.1) is 13.8 Å². The predicted molar refractivity (Wildman–Crippen MR) is 128 cm³/mol. The number of hydrogen-bond donors (Lipinski definition) is 2. The van der Waals surface area contributed by atoms with Crippen molar-refractivity contribution in [3.8, 4) is 0 Å². The van der Waals surface area contributed by atoms with Crippen molar-refractivity contribution in [3.63, 3.8) is 0 Å². The number of anilines is 2. The van der Waals surface area contributed by atoms with Crippen molar-refractivity contribution in [2.45, 2.75) is 20.8 Å². The van der Waals surface area contributed by atoms with Crippen LogP contribution in [0.1, 0.15) is 43.6 Å². The maximum Gasteiger partial charge on any atom is 0.341 e. The van der Waals surface area contributed by atoms with E-state index in [1.807, 2.05) is 49.4 Å². The van der Waals surface area contributed by atoms with Crippen LogP contribution in [0.5, 0.6) is 0 Å². The van der Waals surface area contributed by atoms with E-state index in [0.717, 1.165) is 22.5 Å². The standard InChI is InChI=1S/C25H24N2O4S/c1-4-31-25(30)21-17(3)22(23(29)26-19-8-6-5-7-9-19)32-24(21)27-20(28)15-14-18-12-10-16(2)11-13-18/h5-15H,4H2,1-3H3,(H,26,29)(H,27,28). The number of aryl methyl sites for hydroxylation is 1. The van der Waals surface area contributed by atoms with Crippen molar-refractivity contribution < 1.29 is 19.1 Å². The minimum absolute atomic E-state index is 0.181. The predicted octanol–water partition coefficient (Wildman–Crippen LogP) is 5.45. The molecule has 0 fully saturated rings. The molecule has 0 bridgehead atoms. The van der Waals surface area contributed by atoms with E-state index < -0.39 is 11.9 Å². The van der Waals surface area contributed by atoms with Gasteiger partial charge in [-0.2, -0.15) is 0 Å². The second-order valence-corrected chi connectivity index (χ2v) is 8.05. The number of esters is 1. The maximum absolute atomic E-state index is 12.8. The summed E-state index contributed by atoms with van der Waals surface area (Å²) < 4.78 is 5.15. The molecule has 0 saturated heterocycles. The average Bonchev–Trinajstić information content (AvgIpc) is 3.10. The monoisotopic (exact) mass is 448 g/mol. The van der Waals surface area contributed by atoms with Gasteiger partial charge in [0.15, 0.2) is 0 Å². The van der Waals surface area contributed by atoms with Gasteiger partial charge in [0.1, 0.15) is 5.00 Å². The third-order valence-corrected chi connectivity index (χ3v) is 5.81. The molecular weight excluding hydrogens is 424 g/mol. The number of rotatable bonds is 7. The molecule has 7 heteroatoms. The van der Waals surface area contributed by atoms with E-state index in [0.29, 0.717) is 16.1 Å². The van der Waals surface area contributed by atoms with Crippen molar-refractivity contribution in [1.82, 2.24) is 0 Å². The molecule has 0 spiro atoms. The van der Waals surface area contributed by atoms with Gasteiger partial charge in [-0.15, -0.1) is 11.3 Å². The molecular formula is C25H24N2O4S. The van der Waals surface area contributed by atoms with Crippen molar-refractivity contribution in [2.75, 3.05) is 17.2 Å². The van der Waals surface area contributed by atoms with Crippen molar-refractivity contribution in [3.05, 3.63) is 87.8 Å². The summed E-state index contributed by atoms with van der Waals surface area (Å²) in [7, 11) is 0. The second kappa shape index (κ2) is 10.5. The summed E-state index contributed by atoms with van der Waals surface area (Å²) in [5.41, 5.74) is 3.28. The Labute approximate surface area is 190 Å². The highest BCUT2D eigenvalue weighted by Crippen LogP contribution is 2.34. The lowest BCUT2D eigenvalue weighted by Crippen LogP contribution is -2.13. The number of amides is 2. The number of ether oxygens (including phenoxy) is 1. The lowest BCUT2D eigenvalue weighted by Gasteiger charge is -2.06. The van der Waals surface area contributed by atoms with Gasteiger partial charge < -0.3 is 15.4 Å². The van der Waals surface area contributed by atoms with E-state index in [4.69, 9.17) is 4.74 Å². The molecule has 164 valence electrons. The van der Waals surface area contributed by atoms with Crippen molar-refractivity contribution in [2.24, 2.45) is 0 Å². The quantitative estimate of drug-likeness (QED) is 0.372. The lowest BCUT2D eigenvalue weighted by atomic mass is 10.1. The van der Waals surface area contributed by atoms with Gasteiger partial charge in [0.2, 0.25) is 5.91 Å². The summed E-state index contributed by atoms with van der Waals surface area (Å²) in [5, 5.41) is 5.81. The number of thiophene rings is 1. The Morgan fingerprint density at radius 3 is 2.31 bits per heavy atom. The van der Waals surface area contributed by atoms with E-state index >= 15 is 0 Å². The molecule has 3 aromatic rings. The van der Waals surface area contributed by atoms with Crippen LogP contribution in [0.2, 0.25) is 0 Å². The average molecular weight is 449 g/mol. The molecule has 0 aliphatic rings. The largest absolute Gasteiger partial charge is 0.462 e. The molecule has 0 unspecified atom stereocenters. The Bertz CT molecular complexity index is 1150. The van der Waals surface area contributed by atoms with Crippen LogP contribution >= 0.6 is 11.3 Å². The third-order valence-electron chi connectivity index (χ3n) is 4.61. The van der Waals surface area contributed by atoms with E-state index in [2.05, 4.69) is 10.6 Å². The SMILES string of the molecule is CCOC(=O)c1c(NC(=O)C=Cc2ccc(C)cc2)sc(C(=O)Nc2ccccc2)c1C. The first-order valence-corrected chi connectivity index (χ1v) is 10.9. The Morgan fingerprint density at radius 1 is 0.969 bits per heavy atom. The number of para-hydroxylation sites is 1. The van der Waals surface area contributed by atoms with Crippen LogP contribution in [0.25, 0.3) is 6.08 Å². The van der Waals surface area contributed by atoms with Gasteiger partial charge in [-0.05, 0) is 50.1 Å². The summed E-state index contributed by atoms with van der Waals surface area (Å²) in [4.78, 5) is 38.2. The number of nitrogens with one attached hydrogen (secondary N) is 2. The highest BCUT2D eigenvalue weighted by molar-refractivity contribution is 7.19. The fraction of sp³-hybridized carbons (Fsp3) is 0.160. The molecule has 32 heavy (non-hydrogen) atoms. The molecule has 2 amide bonds. The Kier molecular flexibility index (Phi) is 7.57. The molecule has 2 N–H and O–H groups in total. The Balaban J connectivity index is 1.85. The minimum Gasteiger partial charge on any atom is -0.462 e. The van der Waals surface area contributed by atoms with Gasteiger partial charge in [-0.3, -0.25) is 9.59 Å². The number of carbonyl (C=O) groups excluding carboxylic acids is 3. The molecule has 0 saturated carbocycles. The van der Waals surface area contributed by atoms with Gasteiger partial charge in [0, 0.05) is 11.8 Å². The first-order valence-electron chi connectivity index (χ1n) is 10.1. The topological polar surface area (TPSA) is 84.5 Å². The Hall–Kier alpha value is -3.71. The summed E-state index contributed by atoms with van der Waals surface area (Å²) in [6.07, 6.45) is 3.07. The molecule has 1 heterocycles. The summed E-state index contributed by atoms with van der Waals surface area (Å²) in [6.45, 7) is 5.54. The number of hydrogen-bond acceptors (Lipinski definition) is 5. The number of benzene rings is 2. The van der Waals surface area contributed by atoms with Crippen molar-refractivity contribution in [1.29, 1.82) is 0 Å². The molecule has 0 aliphatic carbocycles. The minimum atomic E-state index is -0.585. The summed E-state index contributed by atoms with van der Waals surface area (Å²) in [5.74, 6) is -1.36. The fourth-order valence-electron chi connectivity index (χ4n) is 2.98. The summed E-state index contributed by atoms with van der Waals surface area (Å²) in [6, 6.07) is 16.7. The highest BCUT2D eigenvalue weighted by Gasteiger charge is 2.26. The van der Waals surface area contributed by atoms with Gasteiger partial charge in [-0.25, -0.2) is 4.79 Å². The second-order valence-electron chi connectivity index (χ2n) is 7.03. The molecule has 0 atom stereocenters.